The van der Waals surface area contributed by atoms with Crippen LogP contribution in [0.25, 0.3) is 0 Å². The summed E-state index contributed by atoms with van der Waals surface area (Å²) in [5.74, 6) is -2.70. The molecule has 3 aliphatic rings. The van der Waals surface area contributed by atoms with Gasteiger partial charge >= 0.3 is 0 Å². The maximum absolute atomic E-state index is 14.7. The normalized spacial score (nSPS) is 29.4. The lowest BCUT2D eigenvalue weighted by Gasteiger charge is -2.37. The molecule has 3 heterocycles. The predicted molar refractivity (Wildman–Crippen MR) is 167 cm³/mol. The molecule has 0 aliphatic carbocycles. The highest BCUT2D eigenvalue weighted by atomic mass is 16.5. The van der Waals surface area contributed by atoms with Crippen molar-refractivity contribution in [2.75, 3.05) is 11.9 Å². The molecule has 3 unspecified atom stereocenters. The van der Waals surface area contributed by atoms with Crippen molar-refractivity contribution in [3.05, 3.63) is 101 Å². The monoisotopic (exact) mass is 595 g/mol. The third-order valence-corrected chi connectivity index (χ3v) is 10.2. The number of benzene rings is 3. The molecule has 3 N–H and O–H groups in total. The molecule has 6 rings (SSSR count). The molecule has 0 saturated carbocycles. The minimum absolute atomic E-state index is 0.0864. The Morgan fingerprint density at radius 3 is 2.32 bits per heavy atom. The standard InChI is InChI=1S/C36H41N3O5/c1-22-15-16-23(2)28(17-22)38-33(42)31-36-19-24(3)35(4,44-36)29(32(41)37-20-26-13-9-6-10-14-26)30(36)34(43)39(31)27(21-40)18-25-11-7-5-8-12-25/h5-17,24,27,29-31,40H,18-21H2,1-4H3,(H,37,41)(H,38,42)/t24?,27-,29+,30+,31?,35-,36?/m1/s1. The van der Waals surface area contributed by atoms with Gasteiger partial charge in [0.05, 0.1) is 30.1 Å². The Kier molecular flexibility index (Phi) is 7.84. The lowest BCUT2D eigenvalue weighted by molar-refractivity contribution is -0.149. The van der Waals surface area contributed by atoms with Crippen LogP contribution in [0.3, 0.4) is 0 Å². The molecule has 3 fully saturated rings. The number of carbonyl (C=O) groups excluding carboxylic acids is 3. The number of aliphatic hydroxyl groups excluding tert-OH is 1. The molecule has 8 nitrogen and oxygen atoms in total. The summed E-state index contributed by atoms with van der Waals surface area (Å²) in [6.45, 7) is 7.80. The highest BCUT2D eigenvalue weighted by Gasteiger charge is 2.80. The zero-order chi connectivity index (χ0) is 31.2. The number of amides is 3. The van der Waals surface area contributed by atoms with Gasteiger partial charge < -0.3 is 25.4 Å². The van der Waals surface area contributed by atoms with Crippen molar-refractivity contribution in [1.82, 2.24) is 10.2 Å². The molecule has 2 bridgehead atoms. The second-order valence-electron chi connectivity index (χ2n) is 13.0. The van der Waals surface area contributed by atoms with Crippen LogP contribution in [0.1, 0.15) is 42.5 Å². The Morgan fingerprint density at radius 2 is 1.66 bits per heavy atom. The predicted octanol–water partition coefficient (Wildman–Crippen LogP) is 4.17. The summed E-state index contributed by atoms with van der Waals surface area (Å²) in [5.41, 5.74) is 2.29. The number of anilines is 1. The molecule has 0 radical (unpaired) electrons. The molecule has 7 atom stereocenters. The Hall–Kier alpha value is -4.01. The van der Waals surface area contributed by atoms with Gasteiger partial charge in [0.15, 0.2) is 0 Å². The van der Waals surface area contributed by atoms with Gasteiger partial charge in [-0.2, -0.15) is 0 Å². The Labute approximate surface area is 258 Å². The molecule has 8 heteroatoms. The van der Waals surface area contributed by atoms with Gasteiger partial charge in [-0.15, -0.1) is 0 Å². The van der Waals surface area contributed by atoms with Crippen LogP contribution in [-0.2, 0) is 32.1 Å². The van der Waals surface area contributed by atoms with Crippen LogP contribution in [0.2, 0.25) is 0 Å². The topological polar surface area (TPSA) is 108 Å². The highest BCUT2D eigenvalue weighted by Crippen LogP contribution is 2.65. The fraction of sp³-hybridized carbons (Fsp3) is 0.417. The average molecular weight is 596 g/mol. The van der Waals surface area contributed by atoms with E-state index in [0.29, 0.717) is 25.1 Å². The number of carbonyl (C=O) groups is 3. The van der Waals surface area contributed by atoms with E-state index < -0.39 is 35.1 Å². The first-order chi connectivity index (χ1) is 21.1. The number of aryl methyl sites for hydroxylation is 2. The first-order valence-electron chi connectivity index (χ1n) is 15.5. The zero-order valence-corrected chi connectivity index (χ0v) is 25.7. The molecule has 3 amide bonds. The van der Waals surface area contributed by atoms with Crippen LogP contribution >= 0.6 is 0 Å². The van der Waals surface area contributed by atoms with Crippen LogP contribution in [0.4, 0.5) is 5.69 Å². The van der Waals surface area contributed by atoms with E-state index in [4.69, 9.17) is 4.74 Å². The van der Waals surface area contributed by atoms with Gasteiger partial charge in [0.1, 0.15) is 11.6 Å². The first-order valence-corrected chi connectivity index (χ1v) is 15.5. The van der Waals surface area contributed by atoms with E-state index in [1.807, 2.05) is 107 Å². The number of hydrogen-bond acceptors (Lipinski definition) is 5. The van der Waals surface area contributed by atoms with Crippen molar-refractivity contribution >= 4 is 23.4 Å². The van der Waals surface area contributed by atoms with Crippen molar-refractivity contribution in [2.45, 2.75) is 70.4 Å². The van der Waals surface area contributed by atoms with E-state index >= 15 is 0 Å². The zero-order valence-electron chi connectivity index (χ0n) is 25.7. The van der Waals surface area contributed by atoms with E-state index in [2.05, 4.69) is 10.6 Å². The summed E-state index contributed by atoms with van der Waals surface area (Å²) in [6, 6.07) is 23.4. The van der Waals surface area contributed by atoms with Crippen molar-refractivity contribution in [3.63, 3.8) is 0 Å². The number of nitrogens with zero attached hydrogens (tertiary/aromatic N) is 1. The van der Waals surface area contributed by atoms with E-state index in [-0.39, 0.29) is 30.2 Å². The quantitative estimate of drug-likeness (QED) is 0.344. The van der Waals surface area contributed by atoms with Gasteiger partial charge in [0, 0.05) is 12.2 Å². The number of likely N-dealkylation sites (tertiary alicyclic amines) is 1. The van der Waals surface area contributed by atoms with Gasteiger partial charge in [0.2, 0.25) is 17.7 Å². The summed E-state index contributed by atoms with van der Waals surface area (Å²) in [5, 5.41) is 16.9. The molecule has 230 valence electrons. The second-order valence-corrected chi connectivity index (χ2v) is 13.0. The lowest BCUT2D eigenvalue weighted by atomic mass is 9.62. The molecular weight excluding hydrogens is 554 g/mol. The summed E-state index contributed by atoms with van der Waals surface area (Å²) in [6.07, 6.45) is 0.810. The lowest BCUT2D eigenvalue weighted by Crippen LogP contribution is -2.57. The van der Waals surface area contributed by atoms with Gasteiger partial charge in [0.25, 0.3) is 0 Å². The van der Waals surface area contributed by atoms with Crippen LogP contribution in [-0.4, -0.2) is 57.6 Å². The SMILES string of the molecule is Cc1ccc(C)c(NC(=O)C2N([C@@H](CO)Cc3ccccc3)C(=O)[C@@H]3[C@@H](C(=O)NCc4ccccc4)[C@]4(C)OC23CC4C)c1. The minimum Gasteiger partial charge on any atom is -0.394 e. The smallest absolute Gasteiger partial charge is 0.250 e. The summed E-state index contributed by atoms with van der Waals surface area (Å²) >= 11 is 0. The largest absolute Gasteiger partial charge is 0.394 e. The van der Waals surface area contributed by atoms with Crippen LogP contribution in [0.5, 0.6) is 0 Å². The van der Waals surface area contributed by atoms with Gasteiger partial charge in [-0.1, -0.05) is 79.7 Å². The van der Waals surface area contributed by atoms with E-state index in [0.717, 1.165) is 22.3 Å². The summed E-state index contributed by atoms with van der Waals surface area (Å²) in [7, 11) is 0. The molecule has 3 aliphatic heterocycles. The van der Waals surface area contributed by atoms with Gasteiger partial charge in [-0.25, -0.2) is 0 Å². The fourth-order valence-electron chi connectivity index (χ4n) is 7.87. The Morgan fingerprint density at radius 1 is 1.00 bits per heavy atom. The number of rotatable bonds is 9. The number of fused-ring (bicyclic) bond motifs is 1. The molecule has 3 saturated heterocycles. The minimum atomic E-state index is -1.22. The first kappa shape index (κ1) is 30.0. The van der Waals surface area contributed by atoms with Crippen LogP contribution < -0.4 is 10.6 Å². The summed E-state index contributed by atoms with van der Waals surface area (Å²) < 4.78 is 6.87. The number of ether oxygens (including phenoxy) is 1. The Bertz CT molecular complexity index is 1560. The van der Waals surface area contributed by atoms with Crippen molar-refractivity contribution in [1.29, 1.82) is 0 Å². The van der Waals surface area contributed by atoms with E-state index in [1.54, 1.807) is 0 Å². The van der Waals surface area contributed by atoms with Crippen molar-refractivity contribution in [3.8, 4) is 0 Å². The average Bonchev–Trinajstić information content (AvgIpc) is 3.54. The van der Waals surface area contributed by atoms with Crippen molar-refractivity contribution < 1.29 is 24.2 Å². The Balaban J connectivity index is 1.40. The molecule has 0 aromatic heterocycles. The van der Waals surface area contributed by atoms with Gasteiger partial charge in [-0.3, -0.25) is 14.4 Å². The number of nitrogens with one attached hydrogen (secondary N) is 2. The van der Waals surface area contributed by atoms with Crippen LogP contribution in [0.15, 0.2) is 78.9 Å². The van der Waals surface area contributed by atoms with E-state index in [1.165, 1.54) is 4.90 Å². The van der Waals surface area contributed by atoms with Gasteiger partial charge in [-0.05, 0) is 67.9 Å². The second kappa shape index (κ2) is 11.5. The van der Waals surface area contributed by atoms with E-state index in [9.17, 15) is 19.5 Å². The number of hydrogen-bond donors (Lipinski definition) is 3. The maximum Gasteiger partial charge on any atom is 0.250 e. The molecule has 3 aromatic rings. The van der Waals surface area contributed by atoms with Crippen LogP contribution in [0, 0.1) is 31.6 Å². The maximum atomic E-state index is 14.7. The van der Waals surface area contributed by atoms with Crippen molar-refractivity contribution in [2.24, 2.45) is 17.8 Å². The fourth-order valence-corrected chi connectivity index (χ4v) is 7.87. The molecule has 44 heavy (non-hydrogen) atoms. The molecule has 3 aromatic carbocycles. The summed E-state index contributed by atoms with van der Waals surface area (Å²) in [4.78, 5) is 44.7. The molecule has 1 spiro atoms. The molecular formula is C36H41N3O5. The third kappa shape index (κ3) is 4.90. The number of aliphatic hydroxyl groups is 1. The third-order valence-electron chi connectivity index (χ3n) is 10.2. The highest BCUT2D eigenvalue weighted by molar-refractivity contribution is 6.04.